The summed E-state index contributed by atoms with van der Waals surface area (Å²) in [7, 11) is 3.42. The van der Waals surface area contributed by atoms with Crippen LogP contribution in [0.2, 0.25) is 0 Å². The fourth-order valence-electron chi connectivity index (χ4n) is 3.52. The molecule has 3 aromatic rings. The molecule has 0 bridgehead atoms. The van der Waals surface area contributed by atoms with Crippen molar-refractivity contribution in [3.8, 4) is 0 Å². The molecule has 1 aliphatic rings. The molecule has 0 saturated heterocycles. The van der Waals surface area contributed by atoms with Gasteiger partial charge in [-0.15, -0.1) is 0 Å². The number of nitrogens with one attached hydrogen (secondary N) is 1. The Hall–Kier alpha value is -3.39. The normalized spacial score (nSPS) is 13.6. The Bertz CT molecular complexity index is 1090. The van der Waals surface area contributed by atoms with Crippen LogP contribution in [-0.4, -0.2) is 40.1 Å². The molecule has 154 valence electrons. The van der Waals surface area contributed by atoms with Gasteiger partial charge in [-0.1, -0.05) is 12.1 Å². The molecule has 2 aromatic heterocycles. The highest BCUT2D eigenvalue weighted by atomic mass is 19.1. The van der Waals surface area contributed by atoms with Gasteiger partial charge in [0.1, 0.15) is 5.82 Å². The van der Waals surface area contributed by atoms with Crippen LogP contribution in [0.15, 0.2) is 53.9 Å². The molecular formula is C22H22FN5O2. The van der Waals surface area contributed by atoms with E-state index in [0.717, 1.165) is 28.0 Å². The number of halogens is 1. The fraction of sp³-hybridized carbons (Fsp3) is 0.273. The first-order chi connectivity index (χ1) is 14.5. The van der Waals surface area contributed by atoms with E-state index in [4.69, 9.17) is 4.74 Å². The molecule has 1 atom stereocenters. The third-order valence-corrected chi connectivity index (χ3v) is 4.97. The number of carbonyl (C=O) groups is 1. The summed E-state index contributed by atoms with van der Waals surface area (Å²) in [6, 6.07) is 7.58. The zero-order valence-electron chi connectivity index (χ0n) is 16.8. The lowest BCUT2D eigenvalue weighted by molar-refractivity contribution is -0.121. The summed E-state index contributed by atoms with van der Waals surface area (Å²) in [6.45, 7) is 0.843. The first-order valence-electron chi connectivity index (χ1n) is 9.59. The predicted molar refractivity (Wildman–Crippen MR) is 110 cm³/mol. The van der Waals surface area contributed by atoms with E-state index in [9.17, 15) is 9.18 Å². The Morgan fingerprint density at radius 3 is 2.80 bits per heavy atom. The van der Waals surface area contributed by atoms with E-state index in [1.54, 1.807) is 36.3 Å². The summed E-state index contributed by atoms with van der Waals surface area (Å²) < 4.78 is 20.1. The molecule has 0 radical (unpaired) electrons. The first-order valence-corrected chi connectivity index (χ1v) is 9.59. The number of carbonyl (C=O) groups excluding carboxylic acids is 1. The molecule has 0 aliphatic carbocycles. The average Bonchev–Trinajstić information content (AvgIpc) is 3.34. The largest absolute Gasteiger partial charge is 0.382 e. The molecular weight excluding hydrogens is 385 g/mol. The molecule has 1 aliphatic heterocycles. The van der Waals surface area contributed by atoms with E-state index in [1.807, 2.05) is 19.3 Å². The van der Waals surface area contributed by atoms with Crippen molar-refractivity contribution in [2.45, 2.75) is 19.0 Å². The highest BCUT2D eigenvalue weighted by Crippen LogP contribution is 2.23. The number of hydrogen-bond acceptors (Lipinski definition) is 5. The maximum Gasteiger partial charge on any atom is 0.226 e. The Morgan fingerprint density at radius 1 is 1.30 bits per heavy atom. The second-order valence-corrected chi connectivity index (χ2v) is 7.20. The van der Waals surface area contributed by atoms with Gasteiger partial charge in [0.2, 0.25) is 5.91 Å². The van der Waals surface area contributed by atoms with Crippen molar-refractivity contribution in [1.82, 2.24) is 20.1 Å². The van der Waals surface area contributed by atoms with Gasteiger partial charge >= 0.3 is 0 Å². The second kappa shape index (κ2) is 8.54. The van der Waals surface area contributed by atoms with E-state index in [1.165, 1.54) is 12.1 Å². The van der Waals surface area contributed by atoms with Gasteiger partial charge in [0.05, 0.1) is 43.2 Å². The quantitative estimate of drug-likeness (QED) is 0.652. The number of rotatable bonds is 7. The monoisotopic (exact) mass is 407 g/mol. The number of pyridine rings is 1. The minimum Gasteiger partial charge on any atom is -0.382 e. The maximum atomic E-state index is 13.2. The molecule has 1 amide bonds. The van der Waals surface area contributed by atoms with Gasteiger partial charge in [0, 0.05) is 37.7 Å². The SMILES string of the molecule is COC[C@@H](NC(=O)Cc1cc2c(cn1)C(c1cnn(C)c1)=NC2)c1ccc(F)cc1. The number of aromatic nitrogens is 3. The summed E-state index contributed by atoms with van der Waals surface area (Å²) in [4.78, 5) is 21.7. The van der Waals surface area contributed by atoms with E-state index in [0.29, 0.717) is 12.2 Å². The van der Waals surface area contributed by atoms with Crippen molar-refractivity contribution in [3.05, 3.63) is 82.7 Å². The molecule has 3 heterocycles. The molecule has 0 spiro atoms. The summed E-state index contributed by atoms with van der Waals surface area (Å²) in [6.07, 6.45) is 5.60. The minimum atomic E-state index is -0.363. The Labute approximate surface area is 173 Å². The van der Waals surface area contributed by atoms with Gasteiger partial charge in [-0.3, -0.25) is 19.5 Å². The Balaban J connectivity index is 1.44. The maximum absolute atomic E-state index is 13.2. The molecule has 0 unspecified atom stereocenters. The van der Waals surface area contributed by atoms with Crippen LogP contribution in [-0.2, 0) is 29.5 Å². The van der Waals surface area contributed by atoms with Gasteiger partial charge < -0.3 is 10.1 Å². The highest BCUT2D eigenvalue weighted by molar-refractivity contribution is 6.14. The Morgan fingerprint density at radius 2 is 2.10 bits per heavy atom. The van der Waals surface area contributed by atoms with Crippen LogP contribution in [0.4, 0.5) is 4.39 Å². The summed E-state index contributed by atoms with van der Waals surface area (Å²) in [5.74, 6) is -0.503. The van der Waals surface area contributed by atoms with Crippen molar-refractivity contribution < 1.29 is 13.9 Å². The predicted octanol–water partition coefficient (Wildman–Crippen LogP) is 2.35. The van der Waals surface area contributed by atoms with Crippen LogP contribution >= 0.6 is 0 Å². The summed E-state index contributed by atoms with van der Waals surface area (Å²) >= 11 is 0. The van der Waals surface area contributed by atoms with Crippen molar-refractivity contribution in [2.75, 3.05) is 13.7 Å². The van der Waals surface area contributed by atoms with Crippen molar-refractivity contribution in [2.24, 2.45) is 12.0 Å². The minimum absolute atomic E-state index is 0.136. The van der Waals surface area contributed by atoms with Gasteiger partial charge in [-0.2, -0.15) is 5.10 Å². The van der Waals surface area contributed by atoms with E-state index >= 15 is 0 Å². The number of benzene rings is 1. The van der Waals surface area contributed by atoms with Gasteiger partial charge in [0.25, 0.3) is 0 Å². The lowest BCUT2D eigenvalue weighted by atomic mass is 10.0. The smallest absolute Gasteiger partial charge is 0.226 e. The molecule has 4 rings (SSSR count). The molecule has 8 heteroatoms. The molecule has 7 nitrogen and oxygen atoms in total. The van der Waals surface area contributed by atoms with Gasteiger partial charge in [-0.25, -0.2) is 4.39 Å². The third kappa shape index (κ3) is 4.28. The van der Waals surface area contributed by atoms with Crippen molar-refractivity contribution >= 4 is 11.6 Å². The van der Waals surface area contributed by atoms with Gasteiger partial charge in [0.15, 0.2) is 0 Å². The molecule has 0 fully saturated rings. The lowest BCUT2D eigenvalue weighted by Crippen LogP contribution is -2.32. The number of aliphatic imine (C=N–C) groups is 1. The van der Waals surface area contributed by atoms with Crippen LogP contribution in [0.3, 0.4) is 0 Å². The zero-order chi connectivity index (χ0) is 21.1. The van der Waals surface area contributed by atoms with Crippen molar-refractivity contribution in [3.63, 3.8) is 0 Å². The van der Waals surface area contributed by atoms with Crippen LogP contribution in [0.25, 0.3) is 0 Å². The topological polar surface area (TPSA) is 81.4 Å². The van der Waals surface area contributed by atoms with E-state index in [-0.39, 0.29) is 30.8 Å². The van der Waals surface area contributed by atoms with E-state index in [2.05, 4.69) is 20.4 Å². The molecule has 1 aromatic carbocycles. The summed E-state index contributed by atoms with van der Waals surface area (Å²) in [5.41, 5.74) is 5.28. The van der Waals surface area contributed by atoms with Crippen molar-refractivity contribution in [1.29, 1.82) is 0 Å². The first kappa shape index (κ1) is 19.9. The number of aryl methyl sites for hydroxylation is 1. The van der Waals surface area contributed by atoms with E-state index < -0.39 is 0 Å². The molecule has 30 heavy (non-hydrogen) atoms. The Kier molecular flexibility index (Phi) is 5.67. The number of nitrogens with zero attached hydrogens (tertiary/aromatic N) is 4. The zero-order valence-corrected chi connectivity index (χ0v) is 16.8. The number of amides is 1. The van der Waals surface area contributed by atoms with Crippen LogP contribution in [0, 0.1) is 5.82 Å². The van der Waals surface area contributed by atoms with Crippen LogP contribution < -0.4 is 5.32 Å². The molecule has 1 N–H and O–H groups in total. The second-order valence-electron chi connectivity index (χ2n) is 7.20. The van der Waals surface area contributed by atoms with Crippen LogP contribution in [0.5, 0.6) is 0 Å². The third-order valence-electron chi connectivity index (χ3n) is 4.97. The lowest BCUT2D eigenvalue weighted by Gasteiger charge is -2.18. The number of methoxy groups -OCH3 is 1. The highest BCUT2D eigenvalue weighted by Gasteiger charge is 2.21. The number of hydrogen-bond donors (Lipinski definition) is 1. The average molecular weight is 407 g/mol. The number of ether oxygens (including phenoxy) is 1. The van der Waals surface area contributed by atoms with Gasteiger partial charge in [-0.05, 0) is 29.3 Å². The summed E-state index contributed by atoms with van der Waals surface area (Å²) in [5, 5.41) is 7.14. The molecule has 0 saturated carbocycles. The van der Waals surface area contributed by atoms with Crippen LogP contribution in [0.1, 0.15) is 34.0 Å². The number of fused-ring (bicyclic) bond motifs is 1. The standard InChI is InChI=1S/C22H22FN5O2/c1-28-12-16(10-26-28)22-19-11-24-18(7-15(19)9-25-22)8-21(29)27-20(13-30-2)14-3-5-17(23)6-4-14/h3-7,10-12,20H,8-9,13H2,1-2H3,(H,27,29)/t20-/m1/s1. The fourth-order valence-corrected chi connectivity index (χ4v) is 3.52.